The van der Waals surface area contributed by atoms with Gasteiger partial charge in [0, 0.05) is 12.1 Å². The molecule has 96 valence electrons. The third-order valence-electron chi connectivity index (χ3n) is 3.30. The van der Waals surface area contributed by atoms with Gasteiger partial charge in [-0.05, 0) is 49.4 Å². The zero-order valence-corrected chi connectivity index (χ0v) is 11.5. The van der Waals surface area contributed by atoms with E-state index in [0.717, 1.165) is 12.0 Å². The molecule has 0 saturated heterocycles. The normalized spacial score (nSPS) is 15.0. The zero-order valence-electron chi connectivity index (χ0n) is 11.5. The minimum absolute atomic E-state index is 0.137. The highest BCUT2D eigenvalue weighted by Crippen LogP contribution is 2.17. The Morgan fingerprint density at radius 3 is 2.41 bits per heavy atom. The Balaban J connectivity index is 2.67. The summed E-state index contributed by atoms with van der Waals surface area (Å²) in [7, 11) is 0. The Hall–Kier alpha value is -0.890. The van der Waals surface area contributed by atoms with Crippen molar-refractivity contribution < 1.29 is 4.39 Å². The molecule has 1 rings (SSSR count). The van der Waals surface area contributed by atoms with Crippen LogP contribution in [0, 0.1) is 18.7 Å². The van der Waals surface area contributed by atoms with Crippen LogP contribution in [-0.4, -0.2) is 12.1 Å². The number of benzene rings is 1. The van der Waals surface area contributed by atoms with E-state index >= 15 is 0 Å². The molecule has 17 heavy (non-hydrogen) atoms. The molecule has 2 heteroatoms. The average Bonchev–Trinajstić information content (AvgIpc) is 2.22. The molecule has 0 spiro atoms. The summed E-state index contributed by atoms with van der Waals surface area (Å²) in [6.07, 6.45) is 0.921. The maximum atomic E-state index is 13.2. The van der Waals surface area contributed by atoms with E-state index in [2.05, 4.69) is 33.0 Å². The van der Waals surface area contributed by atoms with Crippen molar-refractivity contribution in [1.82, 2.24) is 5.32 Å². The van der Waals surface area contributed by atoms with E-state index in [1.165, 1.54) is 11.6 Å². The van der Waals surface area contributed by atoms with E-state index in [4.69, 9.17) is 0 Å². The number of hydrogen-bond donors (Lipinski definition) is 1. The lowest BCUT2D eigenvalue weighted by atomic mass is 9.92. The van der Waals surface area contributed by atoms with Crippen molar-refractivity contribution in [3.8, 4) is 0 Å². The second-order valence-electron chi connectivity index (χ2n) is 5.36. The van der Waals surface area contributed by atoms with Gasteiger partial charge in [-0.3, -0.25) is 0 Å². The minimum Gasteiger partial charge on any atom is -0.312 e. The van der Waals surface area contributed by atoms with Crippen molar-refractivity contribution in [2.45, 2.75) is 53.1 Å². The molecule has 1 nitrogen and oxygen atoms in total. The summed E-state index contributed by atoms with van der Waals surface area (Å²) in [5.41, 5.74) is 2.30. The van der Waals surface area contributed by atoms with Crippen LogP contribution in [0.25, 0.3) is 0 Å². The first kappa shape index (κ1) is 14.2. The van der Waals surface area contributed by atoms with Gasteiger partial charge in [-0.1, -0.05) is 26.8 Å². The first-order valence-corrected chi connectivity index (χ1v) is 6.41. The minimum atomic E-state index is -0.137. The Labute approximate surface area is 104 Å². The standard InChI is InChI=1S/C15H24FN/c1-10(2)17-13(5)12(4)8-14-9-15(16)7-6-11(14)3/h6-7,9-10,12-13,17H,8H2,1-5H3. The number of nitrogens with one attached hydrogen (secondary N) is 1. The van der Waals surface area contributed by atoms with E-state index < -0.39 is 0 Å². The molecular formula is C15H24FN. The molecule has 0 aromatic heterocycles. The van der Waals surface area contributed by atoms with Crippen LogP contribution in [0.15, 0.2) is 18.2 Å². The number of aryl methyl sites for hydroxylation is 1. The maximum Gasteiger partial charge on any atom is 0.123 e. The van der Waals surface area contributed by atoms with E-state index in [1.807, 2.05) is 13.0 Å². The molecule has 0 bridgehead atoms. The lowest BCUT2D eigenvalue weighted by molar-refractivity contribution is 0.371. The Morgan fingerprint density at radius 2 is 1.82 bits per heavy atom. The van der Waals surface area contributed by atoms with E-state index in [-0.39, 0.29) is 5.82 Å². The fourth-order valence-electron chi connectivity index (χ4n) is 2.07. The van der Waals surface area contributed by atoms with Gasteiger partial charge in [0.25, 0.3) is 0 Å². The van der Waals surface area contributed by atoms with Crippen molar-refractivity contribution in [3.63, 3.8) is 0 Å². The summed E-state index contributed by atoms with van der Waals surface area (Å²) >= 11 is 0. The van der Waals surface area contributed by atoms with Crippen LogP contribution in [0.5, 0.6) is 0 Å². The number of hydrogen-bond acceptors (Lipinski definition) is 1. The van der Waals surface area contributed by atoms with Gasteiger partial charge in [0.05, 0.1) is 0 Å². The third kappa shape index (κ3) is 4.47. The molecule has 0 aliphatic carbocycles. The highest BCUT2D eigenvalue weighted by Gasteiger charge is 2.14. The van der Waals surface area contributed by atoms with Gasteiger partial charge in [0.15, 0.2) is 0 Å². The zero-order chi connectivity index (χ0) is 13.0. The predicted molar refractivity (Wildman–Crippen MR) is 71.7 cm³/mol. The fourth-order valence-corrected chi connectivity index (χ4v) is 2.07. The molecule has 2 unspecified atom stereocenters. The van der Waals surface area contributed by atoms with E-state index in [1.54, 1.807) is 6.07 Å². The van der Waals surface area contributed by atoms with Gasteiger partial charge in [-0.2, -0.15) is 0 Å². The van der Waals surface area contributed by atoms with Gasteiger partial charge >= 0.3 is 0 Å². The summed E-state index contributed by atoms with van der Waals surface area (Å²) in [5, 5.41) is 3.50. The van der Waals surface area contributed by atoms with Crippen molar-refractivity contribution in [2.24, 2.45) is 5.92 Å². The Bertz CT molecular complexity index is 360. The van der Waals surface area contributed by atoms with Gasteiger partial charge in [-0.15, -0.1) is 0 Å². The maximum absolute atomic E-state index is 13.2. The quantitative estimate of drug-likeness (QED) is 0.823. The summed E-state index contributed by atoms with van der Waals surface area (Å²) in [6.45, 7) is 10.7. The van der Waals surface area contributed by atoms with Crippen LogP contribution in [-0.2, 0) is 6.42 Å². The molecular weight excluding hydrogens is 213 g/mol. The van der Waals surface area contributed by atoms with Gasteiger partial charge in [0.1, 0.15) is 5.82 Å². The van der Waals surface area contributed by atoms with Crippen LogP contribution in [0.3, 0.4) is 0 Å². The highest BCUT2D eigenvalue weighted by atomic mass is 19.1. The van der Waals surface area contributed by atoms with Gasteiger partial charge < -0.3 is 5.32 Å². The van der Waals surface area contributed by atoms with Crippen molar-refractivity contribution in [1.29, 1.82) is 0 Å². The number of halogens is 1. The molecule has 0 aliphatic heterocycles. The molecule has 1 aromatic carbocycles. The molecule has 2 atom stereocenters. The first-order chi connectivity index (χ1) is 7.90. The highest BCUT2D eigenvalue weighted by molar-refractivity contribution is 5.27. The van der Waals surface area contributed by atoms with Crippen LogP contribution >= 0.6 is 0 Å². The average molecular weight is 237 g/mol. The van der Waals surface area contributed by atoms with Crippen LogP contribution < -0.4 is 5.32 Å². The largest absolute Gasteiger partial charge is 0.312 e. The summed E-state index contributed by atoms with van der Waals surface area (Å²) in [4.78, 5) is 0. The topological polar surface area (TPSA) is 12.0 Å². The van der Waals surface area contributed by atoms with Crippen molar-refractivity contribution in [3.05, 3.63) is 35.1 Å². The second-order valence-corrected chi connectivity index (χ2v) is 5.36. The Kier molecular flexibility index (Phi) is 5.13. The molecule has 0 saturated carbocycles. The lowest BCUT2D eigenvalue weighted by Gasteiger charge is -2.24. The molecule has 1 aromatic rings. The monoisotopic (exact) mass is 237 g/mol. The number of rotatable bonds is 5. The van der Waals surface area contributed by atoms with Crippen molar-refractivity contribution >= 4 is 0 Å². The third-order valence-corrected chi connectivity index (χ3v) is 3.30. The molecule has 0 amide bonds. The van der Waals surface area contributed by atoms with E-state index in [9.17, 15) is 4.39 Å². The van der Waals surface area contributed by atoms with E-state index in [0.29, 0.717) is 18.0 Å². The second kappa shape index (κ2) is 6.15. The summed E-state index contributed by atoms with van der Waals surface area (Å²) < 4.78 is 13.2. The summed E-state index contributed by atoms with van der Waals surface area (Å²) in [6, 6.07) is 5.98. The molecule has 0 radical (unpaired) electrons. The van der Waals surface area contributed by atoms with Crippen LogP contribution in [0.2, 0.25) is 0 Å². The summed E-state index contributed by atoms with van der Waals surface area (Å²) in [5.74, 6) is 0.361. The SMILES string of the molecule is Cc1ccc(F)cc1CC(C)C(C)NC(C)C. The molecule has 0 fully saturated rings. The molecule has 0 heterocycles. The Morgan fingerprint density at radius 1 is 1.18 bits per heavy atom. The van der Waals surface area contributed by atoms with Crippen LogP contribution in [0.1, 0.15) is 38.8 Å². The fraction of sp³-hybridized carbons (Fsp3) is 0.600. The lowest BCUT2D eigenvalue weighted by Crippen LogP contribution is -2.37. The van der Waals surface area contributed by atoms with Gasteiger partial charge in [-0.25, -0.2) is 4.39 Å². The molecule has 1 N–H and O–H groups in total. The van der Waals surface area contributed by atoms with Crippen LogP contribution in [0.4, 0.5) is 4.39 Å². The predicted octanol–water partition coefficient (Wildman–Crippen LogP) is 3.70. The smallest absolute Gasteiger partial charge is 0.123 e. The van der Waals surface area contributed by atoms with Gasteiger partial charge in [0.2, 0.25) is 0 Å². The molecule has 0 aliphatic rings. The van der Waals surface area contributed by atoms with Crippen molar-refractivity contribution in [2.75, 3.05) is 0 Å². The first-order valence-electron chi connectivity index (χ1n) is 6.41.